The summed E-state index contributed by atoms with van der Waals surface area (Å²) in [7, 11) is 0. The van der Waals surface area contributed by atoms with E-state index in [1.54, 1.807) is 0 Å². The molecule has 2 nitrogen and oxygen atoms in total. The Morgan fingerprint density at radius 3 is 2.27 bits per heavy atom. The predicted octanol–water partition coefficient (Wildman–Crippen LogP) is 2.22. The molecule has 0 heterocycles. The first-order chi connectivity index (χ1) is 6.87. The smallest absolute Gasteiger partial charge is 0.390 e. The molecule has 1 rings (SSSR count). The van der Waals surface area contributed by atoms with Gasteiger partial charge in [-0.05, 0) is 19.8 Å². The van der Waals surface area contributed by atoms with E-state index in [1.807, 2.05) is 0 Å². The molecule has 1 atom stereocenters. The number of hydrogen-bond donors (Lipinski definition) is 2. The van der Waals surface area contributed by atoms with E-state index in [0.717, 1.165) is 25.7 Å². The fourth-order valence-electron chi connectivity index (χ4n) is 2.32. The molecule has 0 aromatic heterocycles. The van der Waals surface area contributed by atoms with Crippen molar-refractivity contribution in [3.05, 3.63) is 0 Å². The molecule has 0 spiro atoms. The zero-order chi connectivity index (χ0) is 11.5. The van der Waals surface area contributed by atoms with Crippen LogP contribution in [0.5, 0.6) is 0 Å². The Morgan fingerprint density at radius 2 is 1.87 bits per heavy atom. The second-order valence-corrected chi connectivity index (χ2v) is 4.51. The average Bonchev–Trinajstić information content (AvgIpc) is 2.50. The van der Waals surface area contributed by atoms with Crippen LogP contribution < -0.4 is 5.32 Å². The normalized spacial score (nSPS) is 23.0. The van der Waals surface area contributed by atoms with Crippen molar-refractivity contribution in [2.24, 2.45) is 0 Å². The molecular formula is C10H18F3NO. The van der Waals surface area contributed by atoms with E-state index in [-0.39, 0.29) is 6.61 Å². The molecular weight excluding hydrogens is 207 g/mol. The molecule has 15 heavy (non-hydrogen) atoms. The molecule has 1 unspecified atom stereocenters. The summed E-state index contributed by atoms with van der Waals surface area (Å²) in [6.45, 7) is 1.44. The number of hydrogen-bond acceptors (Lipinski definition) is 2. The van der Waals surface area contributed by atoms with E-state index < -0.39 is 24.2 Å². The van der Waals surface area contributed by atoms with Crippen LogP contribution in [0.1, 0.15) is 39.0 Å². The summed E-state index contributed by atoms with van der Waals surface area (Å²) in [5.74, 6) is 0. The fourth-order valence-corrected chi connectivity index (χ4v) is 2.32. The van der Waals surface area contributed by atoms with E-state index in [4.69, 9.17) is 0 Å². The highest BCUT2D eigenvalue weighted by Gasteiger charge is 2.37. The Labute approximate surface area is 87.9 Å². The molecule has 0 saturated heterocycles. The van der Waals surface area contributed by atoms with E-state index in [9.17, 15) is 18.3 Å². The zero-order valence-electron chi connectivity index (χ0n) is 8.90. The lowest BCUT2D eigenvalue weighted by atomic mass is 9.97. The lowest BCUT2D eigenvalue weighted by Gasteiger charge is -2.32. The zero-order valence-corrected chi connectivity index (χ0v) is 8.90. The van der Waals surface area contributed by atoms with Crippen LogP contribution >= 0.6 is 0 Å². The van der Waals surface area contributed by atoms with Crippen molar-refractivity contribution in [3.8, 4) is 0 Å². The van der Waals surface area contributed by atoms with Crippen molar-refractivity contribution in [3.63, 3.8) is 0 Å². The van der Waals surface area contributed by atoms with Crippen LogP contribution in [0.2, 0.25) is 0 Å². The second kappa shape index (κ2) is 4.70. The SMILES string of the molecule is CC(CC(F)(F)F)NC1(CO)CCCC1. The monoisotopic (exact) mass is 225 g/mol. The molecule has 0 aliphatic heterocycles. The molecule has 1 fully saturated rings. The largest absolute Gasteiger partial charge is 0.394 e. The quantitative estimate of drug-likeness (QED) is 0.769. The third-order valence-electron chi connectivity index (χ3n) is 2.95. The van der Waals surface area contributed by atoms with Gasteiger partial charge in [-0.15, -0.1) is 0 Å². The third-order valence-corrected chi connectivity index (χ3v) is 2.95. The van der Waals surface area contributed by atoms with Gasteiger partial charge in [0.15, 0.2) is 0 Å². The Bertz CT molecular complexity index is 199. The first-order valence-corrected chi connectivity index (χ1v) is 5.32. The Kier molecular flexibility index (Phi) is 4.00. The van der Waals surface area contributed by atoms with E-state index >= 15 is 0 Å². The molecule has 1 saturated carbocycles. The fraction of sp³-hybridized carbons (Fsp3) is 1.00. The summed E-state index contributed by atoms with van der Waals surface area (Å²) in [6, 6.07) is -0.629. The molecule has 1 aliphatic rings. The van der Waals surface area contributed by atoms with Gasteiger partial charge in [-0.1, -0.05) is 12.8 Å². The maximum absolute atomic E-state index is 12.1. The predicted molar refractivity (Wildman–Crippen MR) is 51.6 cm³/mol. The average molecular weight is 225 g/mol. The van der Waals surface area contributed by atoms with Gasteiger partial charge in [0.1, 0.15) is 0 Å². The third kappa shape index (κ3) is 3.99. The van der Waals surface area contributed by atoms with Gasteiger partial charge < -0.3 is 10.4 Å². The molecule has 0 amide bonds. The Morgan fingerprint density at radius 1 is 1.33 bits per heavy atom. The lowest BCUT2D eigenvalue weighted by Crippen LogP contribution is -2.51. The van der Waals surface area contributed by atoms with Crippen LogP contribution in [0.25, 0.3) is 0 Å². The summed E-state index contributed by atoms with van der Waals surface area (Å²) in [5.41, 5.74) is -0.468. The standard InChI is InChI=1S/C10H18F3NO/c1-8(6-10(11,12)13)14-9(7-15)4-2-3-5-9/h8,14-15H,2-7H2,1H3. The highest BCUT2D eigenvalue weighted by Crippen LogP contribution is 2.31. The van der Waals surface area contributed by atoms with Gasteiger partial charge in [0.25, 0.3) is 0 Å². The van der Waals surface area contributed by atoms with Gasteiger partial charge in [-0.2, -0.15) is 13.2 Å². The first kappa shape index (κ1) is 12.8. The minimum absolute atomic E-state index is 0.0742. The number of aliphatic hydroxyl groups excluding tert-OH is 1. The number of aliphatic hydroxyl groups is 1. The molecule has 2 N–H and O–H groups in total. The maximum Gasteiger partial charge on any atom is 0.390 e. The summed E-state index contributed by atoms with van der Waals surface area (Å²) in [5, 5.41) is 12.1. The van der Waals surface area contributed by atoms with E-state index in [2.05, 4.69) is 5.32 Å². The maximum atomic E-state index is 12.1. The summed E-state index contributed by atoms with van der Waals surface area (Å²) >= 11 is 0. The summed E-state index contributed by atoms with van der Waals surface area (Å²) in [4.78, 5) is 0. The Balaban J connectivity index is 2.45. The first-order valence-electron chi connectivity index (χ1n) is 5.32. The van der Waals surface area contributed by atoms with Crippen LogP contribution in [0.3, 0.4) is 0 Å². The van der Waals surface area contributed by atoms with Gasteiger partial charge in [-0.25, -0.2) is 0 Å². The molecule has 0 radical (unpaired) electrons. The summed E-state index contributed by atoms with van der Waals surface area (Å²) in [6.07, 6.45) is -1.48. The van der Waals surface area contributed by atoms with Crippen LogP contribution in [0.15, 0.2) is 0 Å². The van der Waals surface area contributed by atoms with Crippen molar-refractivity contribution in [1.29, 1.82) is 0 Å². The molecule has 0 aromatic rings. The number of halogens is 3. The molecule has 0 bridgehead atoms. The highest BCUT2D eigenvalue weighted by atomic mass is 19.4. The second-order valence-electron chi connectivity index (χ2n) is 4.51. The number of nitrogens with one attached hydrogen (secondary N) is 1. The van der Waals surface area contributed by atoms with E-state index in [1.165, 1.54) is 6.92 Å². The Hall–Kier alpha value is -0.290. The van der Waals surface area contributed by atoms with Crippen LogP contribution in [-0.4, -0.2) is 29.5 Å². The van der Waals surface area contributed by atoms with Crippen LogP contribution in [0, 0.1) is 0 Å². The van der Waals surface area contributed by atoms with Gasteiger partial charge in [0.05, 0.1) is 13.0 Å². The highest BCUT2D eigenvalue weighted by molar-refractivity contribution is 4.94. The molecule has 0 aromatic carbocycles. The van der Waals surface area contributed by atoms with Gasteiger partial charge in [0.2, 0.25) is 0 Å². The van der Waals surface area contributed by atoms with Crippen LogP contribution in [-0.2, 0) is 0 Å². The minimum Gasteiger partial charge on any atom is -0.394 e. The minimum atomic E-state index is -4.14. The van der Waals surface area contributed by atoms with Crippen molar-refractivity contribution in [1.82, 2.24) is 5.32 Å². The molecule has 5 heteroatoms. The van der Waals surface area contributed by atoms with Crippen molar-refractivity contribution in [2.45, 2.75) is 56.8 Å². The van der Waals surface area contributed by atoms with Gasteiger partial charge >= 0.3 is 6.18 Å². The van der Waals surface area contributed by atoms with Crippen molar-refractivity contribution in [2.75, 3.05) is 6.61 Å². The molecule has 90 valence electrons. The van der Waals surface area contributed by atoms with Gasteiger partial charge in [-0.3, -0.25) is 0 Å². The number of alkyl halides is 3. The topological polar surface area (TPSA) is 32.3 Å². The summed E-state index contributed by atoms with van der Waals surface area (Å²) < 4.78 is 36.3. The number of rotatable bonds is 4. The van der Waals surface area contributed by atoms with Crippen molar-refractivity contribution < 1.29 is 18.3 Å². The van der Waals surface area contributed by atoms with Gasteiger partial charge in [0, 0.05) is 11.6 Å². The van der Waals surface area contributed by atoms with Crippen LogP contribution in [0.4, 0.5) is 13.2 Å². The molecule has 1 aliphatic carbocycles. The van der Waals surface area contributed by atoms with E-state index in [0.29, 0.717) is 0 Å². The lowest BCUT2D eigenvalue weighted by molar-refractivity contribution is -0.140. The van der Waals surface area contributed by atoms with Crippen molar-refractivity contribution >= 4 is 0 Å².